The van der Waals surface area contributed by atoms with Crippen LogP contribution in [0.2, 0.25) is 0 Å². The molecule has 24 heavy (non-hydrogen) atoms. The van der Waals surface area contributed by atoms with E-state index in [2.05, 4.69) is 9.80 Å². The lowest BCUT2D eigenvalue weighted by Crippen LogP contribution is -2.39. The molecule has 1 aromatic carbocycles. The first-order valence-electron chi connectivity index (χ1n) is 8.74. The predicted molar refractivity (Wildman–Crippen MR) is 88.2 cm³/mol. The van der Waals surface area contributed by atoms with Crippen LogP contribution in [0.3, 0.4) is 0 Å². The number of nitrogens with zero attached hydrogens (tertiary/aromatic N) is 2. The van der Waals surface area contributed by atoms with Crippen LogP contribution in [0.4, 0.5) is 8.78 Å². The summed E-state index contributed by atoms with van der Waals surface area (Å²) in [6, 6.07) is 2.60. The van der Waals surface area contributed by atoms with Crippen LogP contribution < -0.4 is 4.74 Å². The van der Waals surface area contributed by atoms with Crippen LogP contribution in [-0.4, -0.2) is 62.3 Å². The van der Waals surface area contributed by atoms with E-state index < -0.39 is 11.6 Å². The van der Waals surface area contributed by atoms with E-state index in [0.717, 1.165) is 51.8 Å². The summed E-state index contributed by atoms with van der Waals surface area (Å²) >= 11 is 0. The summed E-state index contributed by atoms with van der Waals surface area (Å²) in [7, 11) is 1.48. The van der Waals surface area contributed by atoms with Crippen molar-refractivity contribution in [3.8, 4) is 5.75 Å². The molecule has 0 spiro atoms. The SMILES string of the molecule is COc1ccc(F)c(F)c1CN1CCCOC(CN2CCCC2)C1. The van der Waals surface area contributed by atoms with Crippen molar-refractivity contribution in [2.24, 2.45) is 0 Å². The van der Waals surface area contributed by atoms with Crippen LogP contribution in [0.5, 0.6) is 5.75 Å². The molecule has 0 saturated carbocycles. The summed E-state index contributed by atoms with van der Waals surface area (Å²) in [5.74, 6) is -1.24. The summed E-state index contributed by atoms with van der Waals surface area (Å²) in [4.78, 5) is 4.58. The molecule has 0 aromatic heterocycles. The Morgan fingerprint density at radius 3 is 2.62 bits per heavy atom. The van der Waals surface area contributed by atoms with Crippen molar-refractivity contribution in [1.29, 1.82) is 0 Å². The van der Waals surface area contributed by atoms with Crippen molar-refractivity contribution >= 4 is 0 Å². The fourth-order valence-electron chi connectivity index (χ4n) is 3.61. The molecule has 0 radical (unpaired) electrons. The normalized spacial score (nSPS) is 23.4. The molecular formula is C18H26F2N2O2. The Balaban J connectivity index is 1.68. The van der Waals surface area contributed by atoms with Crippen molar-refractivity contribution in [2.45, 2.75) is 31.9 Å². The van der Waals surface area contributed by atoms with E-state index >= 15 is 0 Å². The topological polar surface area (TPSA) is 24.9 Å². The predicted octanol–water partition coefficient (Wildman–Crippen LogP) is 2.66. The van der Waals surface area contributed by atoms with Crippen molar-refractivity contribution < 1.29 is 18.3 Å². The molecule has 4 nitrogen and oxygen atoms in total. The van der Waals surface area contributed by atoms with E-state index in [-0.39, 0.29) is 6.10 Å². The summed E-state index contributed by atoms with van der Waals surface area (Å²) < 4.78 is 39.0. The molecule has 0 N–H and O–H groups in total. The number of hydrogen-bond donors (Lipinski definition) is 0. The Morgan fingerprint density at radius 1 is 1.12 bits per heavy atom. The summed E-state index contributed by atoms with van der Waals surface area (Å²) in [5, 5.41) is 0. The zero-order valence-corrected chi connectivity index (χ0v) is 14.3. The van der Waals surface area contributed by atoms with Gasteiger partial charge in [0.05, 0.1) is 13.2 Å². The lowest BCUT2D eigenvalue weighted by Gasteiger charge is -2.27. The van der Waals surface area contributed by atoms with E-state index in [1.807, 2.05) is 0 Å². The molecule has 1 unspecified atom stereocenters. The minimum absolute atomic E-state index is 0.119. The highest BCUT2D eigenvalue weighted by Crippen LogP contribution is 2.26. The third kappa shape index (κ3) is 4.23. The van der Waals surface area contributed by atoms with E-state index in [1.165, 1.54) is 26.0 Å². The van der Waals surface area contributed by atoms with Gasteiger partial charge in [-0.15, -0.1) is 0 Å². The molecule has 0 amide bonds. The molecule has 1 aromatic rings. The van der Waals surface area contributed by atoms with Gasteiger partial charge in [0.1, 0.15) is 5.75 Å². The van der Waals surface area contributed by atoms with Gasteiger partial charge in [-0.3, -0.25) is 4.90 Å². The molecule has 0 bridgehead atoms. The van der Waals surface area contributed by atoms with Gasteiger partial charge in [-0.2, -0.15) is 0 Å². The van der Waals surface area contributed by atoms with Crippen molar-refractivity contribution in [1.82, 2.24) is 9.80 Å². The van der Waals surface area contributed by atoms with E-state index in [0.29, 0.717) is 17.9 Å². The largest absolute Gasteiger partial charge is 0.496 e. The van der Waals surface area contributed by atoms with E-state index in [4.69, 9.17) is 9.47 Å². The molecule has 134 valence electrons. The third-order valence-electron chi connectivity index (χ3n) is 4.85. The van der Waals surface area contributed by atoms with Crippen molar-refractivity contribution in [2.75, 3.05) is 46.4 Å². The van der Waals surface area contributed by atoms with Crippen LogP contribution in [0.1, 0.15) is 24.8 Å². The standard InChI is InChI=1S/C18H26F2N2O2/c1-23-17-6-5-16(19)18(20)15(17)13-22-9-4-10-24-14(12-22)11-21-7-2-3-8-21/h5-6,14H,2-4,7-13H2,1H3. The Morgan fingerprint density at radius 2 is 1.88 bits per heavy atom. The minimum Gasteiger partial charge on any atom is -0.496 e. The first-order valence-corrected chi connectivity index (χ1v) is 8.74. The number of likely N-dealkylation sites (tertiary alicyclic amines) is 1. The number of rotatable bonds is 5. The van der Waals surface area contributed by atoms with Gasteiger partial charge >= 0.3 is 0 Å². The number of ether oxygens (including phenoxy) is 2. The van der Waals surface area contributed by atoms with Gasteiger partial charge in [-0.1, -0.05) is 0 Å². The fourth-order valence-corrected chi connectivity index (χ4v) is 3.61. The highest BCUT2D eigenvalue weighted by atomic mass is 19.2. The Bertz CT molecular complexity index is 550. The zero-order chi connectivity index (χ0) is 16.9. The second-order valence-corrected chi connectivity index (χ2v) is 6.63. The number of benzene rings is 1. The van der Waals surface area contributed by atoms with Crippen LogP contribution in [0, 0.1) is 11.6 Å². The molecule has 2 aliphatic rings. The average Bonchev–Trinajstić information content (AvgIpc) is 2.98. The van der Waals surface area contributed by atoms with Crippen LogP contribution in [0.15, 0.2) is 12.1 Å². The average molecular weight is 340 g/mol. The molecule has 0 aliphatic carbocycles. The molecule has 2 saturated heterocycles. The number of methoxy groups -OCH3 is 1. The monoisotopic (exact) mass is 340 g/mol. The van der Waals surface area contributed by atoms with Gasteiger partial charge in [0, 0.05) is 38.3 Å². The Labute approximate surface area is 142 Å². The zero-order valence-electron chi connectivity index (χ0n) is 14.3. The van der Waals surface area contributed by atoms with Gasteiger partial charge in [-0.25, -0.2) is 8.78 Å². The van der Waals surface area contributed by atoms with Crippen molar-refractivity contribution in [3.05, 3.63) is 29.3 Å². The maximum Gasteiger partial charge on any atom is 0.167 e. The second-order valence-electron chi connectivity index (χ2n) is 6.63. The summed E-state index contributed by atoms with van der Waals surface area (Å²) in [6.45, 7) is 5.79. The molecular weight excluding hydrogens is 314 g/mol. The van der Waals surface area contributed by atoms with Gasteiger partial charge in [0.25, 0.3) is 0 Å². The third-order valence-corrected chi connectivity index (χ3v) is 4.85. The maximum atomic E-state index is 14.2. The number of halogens is 2. The summed E-state index contributed by atoms with van der Waals surface area (Å²) in [5.41, 5.74) is 0.291. The maximum absolute atomic E-state index is 14.2. The first kappa shape index (κ1) is 17.6. The van der Waals surface area contributed by atoms with Gasteiger partial charge in [0.15, 0.2) is 11.6 Å². The van der Waals surface area contributed by atoms with Crippen LogP contribution in [-0.2, 0) is 11.3 Å². The van der Waals surface area contributed by atoms with Crippen LogP contribution in [0.25, 0.3) is 0 Å². The number of hydrogen-bond acceptors (Lipinski definition) is 4. The van der Waals surface area contributed by atoms with Gasteiger partial charge in [-0.05, 0) is 44.5 Å². The lowest BCUT2D eigenvalue weighted by atomic mass is 10.1. The molecule has 6 heteroatoms. The lowest BCUT2D eigenvalue weighted by molar-refractivity contribution is 0.0306. The summed E-state index contributed by atoms with van der Waals surface area (Å²) in [6.07, 6.45) is 3.52. The molecule has 1 atom stereocenters. The minimum atomic E-state index is -0.828. The van der Waals surface area contributed by atoms with E-state index in [1.54, 1.807) is 0 Å². The fraction of sp³-hybridized carbons (Fsp3) is 0.667. The molecule has 2 aliphatic heterocycles. The quantitative estimate of drug-likeness (QED) is 0.823. The van der Waals surface area contributed by atoms with E-state index in [9.17, 15) is 8.78 Å². The molecule has 2 heterocycles. The van der Waals surface area contributed by atoms with Crippen LogP contribution >= 0.6 is 0 Å². The highest BCUT2D eigenvalue weighted by Gasteiger charge is 2.25. The van der Waals surface area contributed by atoms with Gasteiger partial charge in [0.2, 0.25) is 0 Å². The highest BCUT2D eigenvalue weighted by molar-refractivity contribution is 5.35. The Hall–Kier alpha value is -1.24. The Kier molecular flexibility index (Phi) is 6.03. The second kappa shape index (κ2) is 8.23. The molecule has 2 fully saturated rings. The van der Waals surface area contributed by atoms with Crippen molar-refractivity contribution in [3.63, 3.8) is 0 Å². The first-order chi connectivity index (χ1) is 11.7. The van der Waals surface area contributed by atoms with Gasteiger partial charge < -0.3 is 14.4 Å². The molecule has 3 rings (SSSR count). The smallest absolute Gasteiger partial charge is 0.167 e.